The van der Waals surface area contributed by atoms with Crippen LogP contribution in [-0.2, 0) is 14.3 Å². The first-order chi connectivity index (χ1) is 14.2. The highest BCUT2D eigenvalue weighted by atomic mass is 16.5. The van der Waals surface area contributed by atoms with E-state index >= 15 is 0 Å². The van der Waals surface area contributed by atoms with Gasteiger partial charge in [0.05, 0.1) is 21.1 Å². The number of carbonyl (C=O) groups is 2. The number of carboxylic acids is 1. The highest BCUT2D eigenvalue weighted by Crippen LogP contribution is 2.10. The molecule has 0 amide bonds. The van der Waals surface area contributed by atoms with E-state index in [1.54, 1.807) is 0 Å². The van der Waals surface area contributed by atoms with Crippen LogP contribution in [0.4, 0.5) is 0 Å². The molecule has 5 nitrogen and oxygen atoms in total. The number of rotatable bonds is 18. The van der Waals surface area contributed by atoms with Gasteiger partial charge in [0.25, 0.3) is 0 Å². The zero-order valence-corrected chi connectivity index (χ0v) is 19.6. The molecule has 0 aliphatic heterocycles. The van der Waals surface area contributed by atoms with E-state index in [9.17, 15) is 14.7 Å². The molecule has 1 unspecified atom stereocenters. The Bertz CT molecular complexity index is 544. The van der Waals surface area contributed by atoms with E-state index in [0.717, 1.165) is 38.5 Å². The number of hydrogen-bond acceptors (Lipinski definition) is 4. The zero-order valence-electron chi connectivity index (χ0n) is 19.6. The first kappa shape index (κ1) is 28.1. The van der Waals surface area contributed by atoms with Gasteiger partial charge in [-0.1, -0.05) is 69.1 Å². The van der Waals surface area contributed by atoms with Crippen LogP contribution in [0.25, 0.3) is 0 Å². The number of ether oxygens (including phenoxy) is 1. The van der Waals surface area contributed by atoms with Crippen molar-refractivity contribution in [3.63, 3.8) is 0 Å². The number of likely N-dealkylation sites (N-methyl/N-ethyl adjacent to an activating group) is 1. The quantitative estimate of drug-likeness (QED) is 0.143. The number of esters is 1. The summed E-state index contributed by atoms with van der Waals surface area (Å²) < 4.78 is 5.89. The predicted octanol–water partition coefficient (Wildman–Crippen LogP) is 4.33. The average molecular weight is 422 g/mol. The second-order valence-corrected chi connectivity index (χ2v) is 8.85. The van der Waals surface area contributed by atoms with E-state index in [-0.39, 0.29) is 12.4 Å². The second kappa shape index (κ2) is 17.9. The Hall–Kier alpha value is -1.88. The molecule has 0 N–H and O–H groups in total. The molecule has 0 fully saturated rings. The van der Waals surface area contributed by atoms with Crippen molar-refractivity contribution in [1.82, 2.24) is 0 Å². The third kappa shape index (κ3) is 20.8. The monoisotopic (exact) mass is 421 g/mol. The minimum Gasteiger partial charge on any atom is -0.550 e. The fraction of sp³-hybridized carbons (Fsp3) is 0.680. The molecule has 172 valence electrons. The van der Waals surface area contributed by atoms with Gasteiger partial charge in [0.2, 0.25) is 0 Å². The molecule has 0 aliphatic rings. The minimum atomic E-state index is -1.19. The molecular formula is C25H43NO4. The van der Waals surface area contributed by atoms with Crippen LogP contribution in [0.2, 0.25) is 0 Å². The van der Waals surface area contributed by atoms with Crippen LogP contribution in [0.15, 0.2) is 36.5 Å². The Balaban J connectivity index is 3.81. The van der Waals surface area contributed by atoms with Crippen molar-refractivity contribution >= 4 is 11.9 Å². The molecule has 0 aromatic rings. The van der Waals surface area contributed by atoms with Crippen LogP contribution in [0.1, 0.15) is 77.6 Å². The maximum absolute atomic E-state index is 12.0. The van der Waals surface area contributed by atoms with Crippen LogP contribution in [0.5, 0.6) is 0 Å². The number of hydrogen-bond donors (Lipinski definition) is 0. The van der Waals surface area contributed by atoms with Gasteiger partial charge in [-0.2, -0.15) is 0 Å². The summed E-state index contributed by atoms with van der Waals surface area (Å²) in [5, 5.41) is 10.9. The molecule has 0 aromatic carbocycles. The van der Waals surface area contributed by atoms with Crippen LogP contribution in [0.3, 0.4) is 0 Å². The van der Waals surface area contributed by atoms with Crippen molar-refractivity contribution in [2.75, 3.05) is 27.7 Å². The van der Waals surface area contributed by atoms with Gasteiger partial charge in [-0.25, -0.2) is 0 Å². The molecule has 0 aromatic heterocycles. The lowest BCUT2D eigenvalue weighted by Crippen LogP contribution is -2.45. The summed E-state index contributed by atoms with van der Waals surface area (Å²) >= 11 is 0. The first-order valence-electron chi connectivity index (χ1n) is 11.4. The number of carboxylic acid groups (broad SMARTS) is 1. The summed E-state index contributed by atoms with van der Waals surface area (Å²) in [7, 11) is 5.81. The lowest BCUT2D eigenvalue weighted by atomic mass is 10.1. The number of carbonyl (C=O) groups excluding carboxylic acids is 2. The Morgan fingerprint density at radius 2 is 1.43 bits per heavy atom. The third-order valence-electron chi connectivity index (χ3n) is 4.53. The maximum Gasteiger partial charge on any atom is 0.306 e. The number of aliphatic carboxylic acids is 1. The Kier molecular flexibility index (Phi) is 16.8. The number of allylic oxidation sites excluding steroid dienone is 6. The molecule has 0 radical (unpaired) electrons. The minimum absolute atomic E-state index is 0.253. The SMILES string of the molecule is CCCCC/C=C/C=C/C=C/CCCCCCC(=O)OC(CC(=O)[O-])C[N+](C)(C)C. The van der Waals surface area contributed by atoms with E-state index in [4.69, 9.17) is 4.74 Å². The Morgan fingerprint density at radius 1 is 0.867 bits per heavy atom. The number of quaternary nitrogens is 1. The van der Waals surface area contributed by atoms with Crippen LogP contribution in [-0.4, -0.2) is 50.2 Å². The second-order valence-electron chi connectivity index (χ2n) is 8.85. The first-order valence-corrected chi connectivity index (χ1v) is 11.4. The average Bonchev–Trinajstić information content (AvgIpc) is 2.63. The van der Waals surface area contributed by atoms with E-state index < -0.39 is 12.1 Å². The summed E-state index contributed by atoms with van der Waals surface area (Å²) in [6, 6.07) is 0. The predicted molar refractivity (Wildman–Crippen MR) is 122 cm³/mol. The normalized spacial score (nSPS) is 13.5. The van der Waals surface area contributed by atoms with Crippen molar-refractivity contribution < 1.29 is 23.9 Å². The van der Waals surface area contributed by atoms with E-state index in [0.29, 0.717) is 17.4 Å². The summed E-state index contributed by atoms with van der Waals surface area (Å²) in [5.74, 6) is -1.50. The lowest BCUT2D eigenvalue weighted by Gasteiger charge is -2.29. The molecule has 0 saturated carbocycles. The standard InChI is InChI=1S/C25H43NO4/c1-5-6-7-8-9-10-11-12-13-14-15-16-17-18-19-20-25(29)30-23(21-24(27)28)22-26(2,3)4/h9-14,23H,5-8,15-22H2,1-4H3/b10-9+,12-11+,14-13+. The summed E-state index contributed by atoms with van der Waals surface area (Å²) in [5.41, 5.74) is 0. The van der Waals surface area contributed by atoms with Gasteiger partial charge >= 0.3 is 5.97 Å². The highest BCUT2D eigenvalue weighted by Gasteiger charge is 2.22. The molecule has 0 rings (SSSR count). The van der Waals surface area contributed by atoms with Gasteiger partial charge in [-0.05, 0) is 32.1 Å². The molecule has 30 heavy (non-hydrogen) atoms. The molecule has 5 heteroatoms. The maximum atomic E-state index is 12.0. The van der Waals surface area contributed by atoms with Gasteiger partial charge in [0.15, 0.2) is 6.10 Å². The molecule has 0 bridgehead atoms. The summed E-state index contributed by atoms with van der Waals surface area (Å²) in [4.78, 5) is 22.9. The van der Waals surface area contributed by atoms with Crippen molar-refractivity contribution in [3.05, 3.63) is 36.5 Å². The van der Waals surface area contributed by atoms with Gasteiger partial charge in [-0.15, -0.1) is 0 Å². The molecular weight excluding hydrogens is 378 g/mol. The van der Waals surface area contributed by atoms with Crippen molar-refractivity contribution in [1.29, 1.82) is 0 Å². The van der Waals surface area contributed by atoms with Crippen LogP contribution >= 0.6 is 0 Å². The van der Waals surface area contributed by atoms with E-state index in [2.05, 4.69) is 43.4 Å². The van der Waals surface area contributed by atoms with Crippen molar-refractivity contribution in [2.24, 2.45) is 0 Å². The number of nitrogens with zero attached hydrogens (tertiary/aromatic N) is 1. The summed E-state index contributed by atoms with van der Waals surface area (Å²) in [6.45, 7) is 2.67. The Morgan fingerprint density at radius 3 is 1.97 bits per heavy atom. The van der Waals surface area contributed by atoms with Crippen LogP contribution < -0.4 is 5.11 Å². The molecule has 0 saturated heterocycles. The Labute approximate surface area is 184 Å². The van der Waals surface area contributed by atoms with E-state index in [1.165, 1.54) is 19.3 Å². The van der Waals surface area contributed by atoms with Crippen LogP contribution in [0, 0.1) is 0 Å². The fourth-order valence-electron chi connectivity index (χ4n) is 3.06. The topological polar surface area (TPSA) is 66.4 Å². The van der Waals surface area contributed by atoms with Gasteiger partial charge < -0.3 is 19.1 Å². The van der Waals surface area contributed by atoms with E-state index in [1.807, 2.05) is 21.1 Å². The lowest BCUT2D eigenvalue weighted by molar-refractivity contribution is -0.873. The van der Waals surface area contributed by atoms with Gasteiger partial charge in [0, 0.05) is 18.8 Å². The molecule has 0 aliphatic carbocycles. The summed E-state index contributed by atoms with van der Waals surface area (Å²) in [6.07, 6.45) is 22.1. The van der Waals surface area contributed by atoms with Crippen molar-refractivity contribution in [2.45, 2.75) is 83.7 Å². The highest BCUT2D eigenvalue weighted by molar-refractivity contribution is 5.70. The number of unbranched alkanes of at least 4 members (excludes halogenated alkanes) is 7. The van der Waals surface area contributed by atoms with Gasteiger partial charge in [-0.3, -0.25) is 4.79 Å². The smallest absolute Gasteiger partial charge is 0.306 e. The largest absolute Gasteiger partial charge is 0.550 e. The zero-order chi connectivity index (χ0) is 22.7. The van der Waals surface area contributed by atoms with Crippen molar-refractivity contribution in [3.8, 4) is 0 Å². The molecule has 0 spiro atoms. The van der Waals surface area contributed by atoms with Gasteiger partial charge in [0.1, 0.15) is 6.54 Å². The molecule has 0 heterocycles. The third-order valence-corrected chi connectivity index (χ3v) is 4.53. The fourth-order valence-corrected chi connectivity index (χ4v) is 3.06. The molecule has 1 atom stereocenters.